The Balaban J connectivity index is 1.84. The van der Waals surface area contributed by atoms with Crippen molar-refractivity contribution in [1.82, 2.24) is 4.98 Å². The third-order valence-corrected chi connectivity index (χ3v) is 4.89. The summed E-state index contributed by atoms with van der Waals surface area (Å²) in [7, 11) is 0. The monoisotopic (exact) mass is 305 g/mol. The van der Waals surface area contributed by atoms with Gasteiger partial charge in [0.2, 0.25) is 0 Å². The van der Waals surface area contributed by atoms with E-state index < -0.39 is 5.97 Å². The lowest BCUT2D eigenvalue weighted by atomic mass is 10.2. The highest BCUT2D eigenvalue weighted by atomic mass is 32.2. The average molecular weight is 305 g/mol. The summed E-state index contributed by atoms with van der Waals surface area (Å²) in [6.45, 7) is 2.07. The van der Waals surface area contributed by atoms with Crippen molar-refractivity contribution in [2.75, 3.05) is 11.5 Å². The van der Waals surface area contributed by atoms with E-state index in [-0.39, 0.29) is 5.56 Å². The summed E-state index contributed by atoms with van der Waals surface area (Å²) in [5.74, 6) is 0.825. The van der Waals surface area contributed by atoms with Gasteiger partial charge in [0.25, 0.3) is 0 Å². The van der Waals surface area contributed by atoms with E-state index in [0.717, 1.165) is 11.5 Å². The topological polar surface area (TPSA) is 50.2 Å². The van der Waals surface area contributed by atoms with Crippen molar-refractivity contribution in [3.63, 3.8) is 0 Å². The second kappa shape index (κ2) is 7.36. The van der Waals surface area contributed by atoms with Crippen molar-refractivity contribution in [2.24, 2.45) is 0 Å². The van der Waals surface area contributed by atoms with E-state index in [4.69, 9.17) is 5.11 Å². The van der Waals surface area contributed by atoms with Crippen LogP contribution in [-0.2, 0) is 0 Å². The van der Waals surface area contributed by atoms with Crippen LogP contribution in [0.3, 0.4) is 0 Å². The molecule has 0 unspecified atom stereocenters. The van der Waals surface area contributed by atoms with Gasteiger partial charge in [0, 0.05) is 22.6 Å². The smallest absolute Gasteiger partial charge is 0.338 e. The minimum Gasteiger partial charge on any atom is -0.478 e. The Hall–Kier alpha value is -1.46. The van der Waals surface area contributed by atoms with E-state index in [1.165, 1.54) is 22.2 Å². The zero-order valence-corrected chi connectivity index (χ0v) is 12.7. The molecule has 20 heavy (non-hydrogen) atoms. The van der Waals surface area contributed by atoms with E-state index in [0.29, 0.717) is 5.03 Å². The van der Waals surface area contributed by atoms with Gasteiger partial charge < -0.3 is 5.11 Å². The summed E-state index contributed by atoms with van der Waals surface area (Å²) in [6, 6.07) is 11.6. The maximum Gasteiger partial charge on any atom is 0.338 e. The molecule has 1 heterocycles. The lowest BCUT2D eigenvalue weighted by molar-refractivity contribution is 0.0692. The minimum atomic E-state index is -0.924. The number of carboxylic acid groups (broad SMARTS) is 1. The highest BCUT2D eigenvalue weighted by molar-refractivity contribution is 8.03. The molecule has 0 fully saturated rings. The Morgan fingerprint density at radius 1 is 1.15 bits per heavy atom. The van der Waals surface area contributed by atoms with Crippen molar-refractivity contribution >= 4 is 29.5 Å². The molecule has 0 saturated carbocycles. The molecule has 1 N–H and O–H groups in total. The third-order valence-electron chi connectivity index (χ3n) is 2.61. The fourth-order valence-electron chi connectivity index (χ4n) is 1.60. The van der Waals surface area contributed by atoms with Crippen LogP contribution in [-0.4, -0.2) is 27.6 Å². The number of carbonyl (C=O) groups is 1. The van der Waals surface area contributed by atoms with Gasteiger partial charge in [0.1, 0.15) is 5.03 Å². The first-order chi connectivity index (χ1) is 9.66. The molecule has 0 aliphatic carbocycles. The van der Waals surface area contributed by atoms with E-state index >= 15 is 0 Å². The van der Waals surface area contributed by atoms with Crippen LogP contribution in [0.15, 0.2) is 52.5 Å². The van der Waals surface area contributed by atoms with Gasteiger partial charge in [-0.3, -0.25) is 0 Å². The summed E-state index contributed by atoms with van der Waals surface area (Å²) in [5, 5.41) is 9.66. The molecular formula is C15H15NO2S2. The lowest BCUT2D eigenvalue weighted by Crippen LogP contribution is -2.00. The Kier molecular flexibility index (Phi) is 5.49. The minimum absolute atomic E-state index is 0.276. The van der Waals surface area contributed by atoms with Crippen LogP contribution < -0.4 is 0 Å². The number of aromatic nitrogens is 1. The van der Waals surface area contributed by atoms with Crippen LogP contribution in [0.2, 0.25) is 0 Å². The zero-order valence-electron chi connectivity index (χ0n) is 11.1. The van der Waals surface area contributed by atoms with Crippen LogP contribution in [0.25, 0.3) is 0 Å². The third kappa shape index (κ3) is 4.28. The Morgan fingerprint density at radius 3 is 2.55 bits per heavy atom. The lowest BCUT2D eigenvalue weighted by Gasteiger charge is -2.04. The predicted molar refractivity (Wildman–Crippen MR) is 83.8 cm³/mol. The molecule has 104 valence electrons. The number of rotatable bonds is 6. The number of benzene rings is 1. The highest BCUT2D eigenvalue weighted by Gasteiger charge is 2.10. The normalized spacial score (nSPS) is 10.4. The summed E-state index contributed by atoms with van der Waals surface area (Å²) in [4.78, 5) is 16.4. The summed E-state index contributed by atoms with van der Waals surface area (Å²) < 4.78 is 0. The van der Waals surface area contributed by atoms with Crippen LogP contribution in [0.1, 0.15) is 15.9 Å². The largest absolute Gasteiger partial charge is 0.478 e. The molecule has 0 saturated heterocycles. The van der Waals surface area contributed by atoms with E-state index in [1.54, 1.807) is 30.1 Å². The van der Waals surface area contributed by atoms with Crippen molar-refractivity contribution in [2.45, 2.75) is 16.8 Å². The van der Waals surface area contributed by atoms with Gasteiger partial charge in [-0.25, -0.2) is 9.78 Å². The second-order valence-electron chi connectivity index (χ2n) is 4.17. The maximum absolute atomic E-state index is 11.0. The van der Waals surface area contributed by atoms with Crippen LogP contribution in [0.5, 0.6) is 0 Å². The molecule has 0 spiro atoms. The number of hydrogen-bond donors (Lipinski definition) is 1. The van der Waals surface area contributed by atoms with Crippen LogP contribution >= 0.6 is 23.5 Å². The summed E-state index contributed by atoms with van der Waals surface area (Å²) >= 11 is 3.25. The van der Waals surface area contributed by atoms with E-state index in [1.807, 2.05) is 0 Å². The fourth-order valence-corrected chi connectivity index (χ4v) is 3.47. The van der Waals surface area contributed by atoms with Gasteiger partial charge in [-0.05, 0) is 31.2 Å². The van der Waals surface area contributed by atoms with Crippen molar-refractivity contribution in [3.8, 4) is 0 Å². The maximum atomic E-state index is 11.0. The number of hydrogen-bond acceptors (Lipinski definition) is 4. The molecular weight excluding hydrogens is 290 g/mol. The molecule has 0 atom stereocenters. The molecule has 0 amide bonds. The molecule has 1 aromatic heterocycles. The number of pyridine rings is 1. The first-order valence-corrected chi connectivity index (χ1v) is 8.14. The molecule has 0 aliphatic heterocycles. The standard InChI is InChI=1S/C15H15NO2S2/c1-11-4-6-12(7-5-11)19-9-10-20-14-13(15(17)18)3-2-8-16-14/h2-8H,9-10H2,1H3,(H,17,18). The Bertz CT molecular complexity index is 585. The molecule has 2 rings (SSSR count). The van der Waals surface area contributed by atoms with Gasteiger partial charge in [0.05, 0.1) is 5.56 Å². The SMILES string of the molecule is Cc1ccc(SCCSc2ncccc2C(=O)O)cc1. The van der Waals surface area contributed by atoms with Crippen molar-refractivity contribution < 1.29 is 9.90 Å². The van der Waals surface area contributed by atoms with Gasteiger partial charge in [-0.1, -0.05) is 17.7 Å². The van der Waals surface area contributed by atoms with Gasteiger partial charge in [-0.2, -0.15) is 0 Å². The number of nitrogens with zero attached hydrogens (tertiary/aromatic N) is 1. The van der Waals surface area contributed by atoms with Crippen molar-refractivity contribution in [1.29, 1.82) is 0 Å². The van der Waals surface area contributed by atoms with Crippen LogP contribution in [0.4, 0.5) is 0 Å². The quantitative estimate of drug-likeness (QED) is 0.646. The van der Waals surface area contributed by atoms with Crippen LogP contribution in [0, 0.1) is 6.92 Å². The number of aromatic carboxylic acids is 1. The fraction of sp³-hybridized carbons (Fsp3) is 0.200. The molecule has 2 aromatic rings. The highest BCUT2D eigenvalue weighted by Crippen LogP contribution is 2.24. The predicted octanol–water partition coefficient (Wildman–Crippen LogP) is 3.97. The Morgan fingerprint density at radius 2 is 1.85 bits per heavy atom. The second-order valence-corrected chi connectivity index (χ2v) is 6.42. The summed E-state index contributed by atoms with van der Waals surface area (Å²) in [6.07, 6.45) is 1.63. The van der Waals surface area contributed by atoms with E-state index in [9.17, 15) is 4.79 Å². The molecule has 0 aliphatic rings. The van der Waals surface area contributed by atoms with E-state index in [2.05, 4.69) is 36.2 Å². The summed E-state index contributed by atoms with van der Waals surface area (Å²) in [5.41, 5.74) is 1.53. The molecule has 0 radical (unpaired) electrons. The number of aryl methyl sites for hydroxylation is 1. The molecule has 1 aromatic carbocycles. The molecule has 3 nitrogen and oxygen atoms in total. The average Bonchev–Trinajstić information content (AvgIpc) is 2.46. The van der Waals surface area contributed by atoms with Crippen molar-refractivity contribution in [3.05, 3.63) is 53.7 Å². The van der Waals surface area contributed by atoms with Gasteiger partial charge in [-0.15, -0.1) is 23.5 Å². The number of carboxylic acids is 1. The number of thioether (sulfide) groups is 2. The van der Waals surface area contributed by atoms with Gasteiger partial charge >= 0.3 is 5.97 Å². The first kappa shape index (κ1) is 14.9. The first-order valence-electron chi connectivity index (χ1n) is 6.17. The molecule has 5 heteroatoms. The van der Waals surface area contributed by atoms with Gasteiger partial charge in [0.15, 0.2) is 0 Å². The molecule has 0 bridgehead atoms. The zero-order chi connectivity index (χ0) is 14.4. The Labute approximate surface area is 126 Å².